The molecule has 4 rings (SSSR count). The van der Waals surface area contributed by atoms with Crippen molar-refractivity contribution in [3.63, 3.8) is 0 Å². The minimum Gasteiger partial charge on any atom is -0.467 e. The zero-order valence-electron chi connectivity index (χ0n) is 31.6. The SMILES string of the molecule is COC(=O)[C@H](CC(C)C)NC(=O)[C@H](Cc1ccccc1)NC(=O)CC[C@H]1O[C@H](CO[Si](c2ccccc2)(c2ccccc2)C(C)(C)C)[C@@H](O)[C@H](O)[C@H]1O. The molecule has 1 saturated heterocycles. The van der Waals surface area contributed by atoms with Crippen molar-refractivity contribution in [3.8, 4) is 0 Å². The van der Waals surface area contributed by atoms with E-state index in [0.29, 0.717) is 6.42 Å². The molecule has 0 radical (unpaired) electrons. The Bertz CT molecular complexity index is 1560. The van der Waals surface area contributed by atoms with E-state index in [0.717, 1.165) is 15.9 Å². The van der Waals surface area contributed by atoms with Gasteiger partial charge in [0.25, 0.3) is 8.32 Å². The van der Waals surface area contributed by atoms with E-state index in [-0.39, 0.29) is 36.8 Å². The first-order valence-corrected chi connectivity index (χ1v) is 20.2. The molecule has 12 heteroatoms. The first-order chi connectivity index (χ1) is 25.2. The summed E-state index contributed by atoms with van der Waals surface area (Å²) in [5.74, 6) is -1.51. The Morgan fingerprint density at radius 1 is 0.774 bits per heavy atom. The number of benzene rings is 3. The van der Waals surface area contributed by atoms with Crippen molar-refractivity contribution in [2.45, 2.75) is 108 Å². The predicted octanol–water partition coefficient (Wildman–Crippen LogP) is 2.62. The topological polar surface area (TPSA) is 164 Å². The van der Waals surface area contributed by atoms with Crippen LogP contribution in [0.2, 0.25) is 5.04 Å². The van der Waals surface area contributed by atoms with Gasteiger partial charge in [0, 0.05) is 12.8 Å². The number of amides is 2. The van der Waals surface area contributed by atoms with Crippen LogP contribution in [0.4, 0.5) is 0 Å². The van der Waals surface area contributed by atoms with E-state index in [4.69, 9.17) is 13.9 Å². The lowest BCUT2D eigenvalue weighted by atomic mass is 9.92. The maximum absolute atomic E-state index is 13.5. The van der Waals surface area contributed by atoms with Crippen LogP contribution in [0.3, 0.4) is 0 Å². The van der Waals surface area contributed by atoms with Gasteiger partial charge in [-0.25, -0.2) is 4.79 Å². The summed E-state index contributed by atoms with van der Waals surface area (Å²) in [6, 6.07) is 27.3. The van der Waals surface area contributed by atoms with E-state index >= 15 is 0 Å². The summed E-state index contributed by atoms with van der Waals surface area (Å²) in [6.45, 7) is 10.2. The summed E-state index contributed by atoms with van der Waals surface area (Å²) in [5, 5.41) is 40.3. The quantitative estimate of drug-likeness (QED) is 0.110. The van der Waals surface area contributed by atoms with Gasteiger partial charge in [0.15, 0.2) is 0 Å². The number of nitrogens with one attached hydrogen (secondary N) is 2. The fourth-order valence-electron chi connectivity index (χ4n) is 7.07. The van der Waals surface area contributed by atoms with E-state index in [1.807, 2.05) is 105 Å². The third-order valence-electron chi connectivity index (χ3n) is 9.79. The first-order valence-electron chi connectivity index (χ1n) is 18.3. The number of aliphatic hydroxyl groups is 3. The minimum atomic E-state index is -3.02. The highest BCUT2D eigenvalue weighted by Gasteiger charge is 2.52. The van der Waals surface area contributed by atoms with Crippen LogP contribution in [0.5, 0.6) is 0 Å². The Kier molecular flexibility index (Phi) is 14.9. The number of esters is 1. The average Bonchev–Trinajstić information content (AvgIpc) is 3.14. The molecule has 11 nitrogen and oxygen atoms in total. The Labute approximate surface area is 314 Å². The van der Waals surface area contributed by atoms with E-state index in [2.05, 4.69) is 31.4 Å². The van der Waals surface area contributed by atoms with E-state index in [1.54, 1.807) is 0 Å². The van der Waals surface area contributed by atoms with Gasteiger partial charge < -0.3 is 39.9 Å². The summed E-state index contributed by atoms with van der Waals surface area (Å²) >= 11 is 0. The average molecular weight is 749 g/mol. The summed E-state index contributed by atoms with van der Waals surface area (Å²) < 4.78 is 18.1. The number of ether oxygens (including phenoxy) is 2. The van der Waals surface area contributed by atoms with Gasteiger partial charge in [-0.1, -0.05) is 126 Å². The molecule has 1 aliphatic rings. The number of carbonyl (C=O) groups excluding carboxylic acids is 3. The molecule has 1 aliphatic heterocycles. The third-order valence-corrected chi connectivity index (χ3v) is 14.8. The Morgan fingerprint density at radius 2 is 1.30 bits per heavy atom. The zero-order valence-corrected chi connectivity index (χ0v) is 32.6. The molecule has 1 fully saturated rings. The number of methoxy groups -OCH3 is 1. The molecule has 0 aliphatic carbocycles. The summed E-state index contributed by atoms with van der Waals surface area (Å²) in [4.78, 5) is 39.4. The molecule has 53 heavy (non-hydrogen) atoms. The monoisotopic (exact) mass is 748 g/mol. The first kappa shape index (κ1) is 41.8. The van der Waals surface area contributed by atoms with Crippen molar-refractivity contribution < 1.29 is 43.6 Å². The van der Waals surface area contributed by atoms with Crippen LogP contribution >= 0.6 is 0 Å². The molecule has 3 aromatic carbocycles. The molecule has 0 saturated carbocycles. The number of hydrogen-bond acceptors (Lipinski definition) is 9. The second-order valence-electron chi connectivity index (χ2n) is 15.2. The van der Waals surface area contributed by atoms with Crippen molar-refractivity contribution in [1.82, 2.24) is 10.6 Å². The van der Waals surface area contributed by atoms with Gasteiger partial charge in [-0.05, 0) is 39.7 Å². The van der Waals surface area contributed by atoms with Crippen LogP contribution in [0.25, 0.3) is 0 Å². The van der Waals surface area contributed by atoms with Gasteiger partial charge in [-0.2, -0.15) is 0 Å². The van der Waals surface area contributed by atoms with Crippen LogP contribution in [-0.4, -0.2) is 97.7 Å². The smallest absolute Gasteiger partial charge is 0.328 e. The van der Waals surface area contributed by atoms with Crippen LogP contribution in [-0.2, 0) is 34.7 Å². The minimum absolute atomic E-state index is 0.00962. The zero-order chi connectivity index (χ0) is 38.8. The highest BCUT2D eigenvalue weighted by molar-refractivity contribution is 6.99. The Morgan fingerprint density at radius 3 is 1.81 bits per heavy atom. The molecule has 1 heterocycles. The lowest BCUT2D eigenvalue weighted by molar-refractivity contribution is -0.229. The van der Waals surface area contributed by atoms with E-state index in [1.165, 1.54) is 7.11 Å². The standard InChI is InChI=1S/C41H56N2O9Si/c1-27(2)24-32(40(49)50-6)43-39(48)31(25-28-16-10-7-11-17-28)42-35(44)23-22-33-36(45)38(47)37(46)34(52-33)26-51-53(41(3,4)5,29-18-12-8-13-19-29)30-20-14-9-15-21-30/h7-21,27,31-34,36-38,45-47H,22-26H2,1-6H3,(H,42,44)(H,43,48)/t31-,32-,33+,34+,36-,37+,38+/m0/s1. The number of carbonyl (C=O) groups is 3. The highest BCUT2D eigenvalue weighted by atomic mass is 28.4. The van der Waals surface area contributed by atoms with Crippen LogP contribution < -0.4 is 21.0 Å². The van der Waals surface area contributed by atoms with Crippen LogP contribution in [0.1, 0.15) is 59.4 Å². The third kappa shape index (κ3) is 10.6. The van der Waals surface area contributed by atoms with Gasteiger partial charge in [0.1, 0.15) is 36.5 Å². The molecule has 0 spiro atoms. The summed E-state index contributed by atoms with van der Waals surface area (Å²) in [5.41, 5.74) is 0.804. The van der Waals surface area contributed by atoms with Crippen LogP contribution in [0, 0.1) is 5.92 Å². The number of rotatable bonds is 16. The molecule has 0 unspecified atom stereocenters. The van der Waals surface area contributed by atoms with E-state index in [9.17, 15) is 29.7 Å². The molecular weight excluding hydrogens is 693 g/mol. The molecule has 5 N–H and O–H groups in total. The lowest BCUT2D eigenvalue weighted by Gasteiger charge is -2.46. The molecule has 288 valence electrons. The maximum atomic E-state index is 13.5. The van der Waals surface area contributed by atoms with Gasteiger partial charge in [0.2, 0.25) is 11.8 Å². The molecule has 0 aromatic heterocycles. The molecule has 2 amide bonds. The Hall–Kier alpha value is -3.91. The van der Waals surface area contributed by atoms with Gasteiger partial charge >= 0.3 is 5.97 Å². The molecule has 3 aromatic rings. The summed E-state index contributed by atoms with van der Waals surface area (Å²) in [6.07, 6.45) is -6.11. The van der Waals surface area contributed by atoms with Gasteiger partial charge in [-0.3, -0.25) is 9.59 Å². The predicted molar refractivity (Wildman–Crippen MR) is 205 cm³/mol. The number of hydrogen-bond donors (Lipinski definition) is 5. The normalized spacial score (nSPS) is 21.7. The second kappa shape index (κ2) is 18.9. The van der Waals surface area contributed by atoms with Crippen molar-refractivity contribution in [1.29, 1.82) is 0 Å². The van der Waals surface area contributed by atoms with Crippen molar-refractivity contribution >= 4 is 36.5 Å². The number of aliphatic hydroxyl groups excluding tert-OH is 3. The van der Waals surface area contributed by atoms with Gasteiger partial charge in [-0.15, -0.1) is 0 Å². The van der Waals surface area contributed by atoms with Crippen LogP contribution in [0.15, 0.2) is 91.0 Å². The highest BCUT2D eigenvalue weighted by Crippen LogP contribution is 2.37. The lowest BCUT2D eigenvalue weighted by Crippen LogP contribution is -2.68. The van der Waals surface area contributed by atoms with E-state index < -0.39 is 68.7 Å². The van der Waals surface area contributed by atoms with Crippen molar-refractivity contribution in [2.24, 2.45) is 5.92 Å². The second-order valence-corrected chi connectivity index (χ2v) is 19.5. The van der Waals surface area contributed by atoms with Gasteiger partial charge in [0.05, 0.1) is 19.8 Å². The van der Waals surface area contributed by atoms with Crippen molar-refractivity contribution in [3.05, 3.63) is 96.6 Å². The fourth-order valence-corrected chi connectivity index (χ4v) is 11.6. The largest absolute Gasteiger partial charge is 0.467 e. The van der Waals surface area contributed by atoms with Crippen molar-refractivity contribution in [2.75, 3.05) is 13.7 Å². The fraction of sp³-hybridized carbons (Fsp3) is 0.488. The summed E-state index contributed by atoms with van der Waals surface area (Å²) in [7, 11) is -1.76. The Balaban J connectivity index is 1.49. The molecule has 0 bridgehead atoms. The molecular formula is C41H56N2O9Si. The maximum Gasteiger partial charge on any atom is 0.328 e. The molecule has 7 atom stereocenters.